The van der Waals surface area contributed by atoms with E-state index in [1.165, 1.54) is 5.56 Å². The van der Waals surface area contributed by atoms with Gasteiger partial charge in [-0.1, -0.05) is 42.5 Å². The Kier molecular flexibility index (Phi) is 8.49. The van der Waals surface area contributed by atoms with E-state index in [1.807, 2.05) is 63.2 Å². The molecule has 2 aromatic rings. The first-order valence-electron chi connectivity index (χ1n) is 9.95. The van der Waals surface area contributed by atoms with Crippen LogP contribution in [0.2, 0.25) is 0 Å². The van der Waals surface area contributed by atoms with Gasteiger partial charge in [-0.05, 0) is 63.3 Å². The third kappa shape index (κ3) is 8.54. The van der Waals surface area contributed by atoms with Crippen LogP contribution in [0, 0.1) is 0 Å². The highest BCUT2D eigenvalue weighted by molar-refractivity contribution is 5.67. The summed E-state index contributed by atoms with van der Waals surface area (Å²) >= 11 is 0. The van der Waals surface area contributed by atoms with Crippen molar-refractivity contribution in [2.75, 3.05) is 7.11 Å². The van der Waals surface area contributed by atoms with Gasteiger partial charge in [0.25, 0.3) is 0 Å². The van der Waals surface area contributed by atoms with Gasteiger partial charge >= 0.3 is 6.09 Å². The van der Waals surface area contributed by atoms with Gasteiger partial charge in [0, 0.05) is 6.54 Å². The molecular formula is C23H33N3O3. The summed E-state index contributed by atoms with van der Waals surface area (Å²) in [4.78, 5) is 12.3. The predicted molar refractivity (Wildman–Crippen MR) is 115 cm³/mol. The first kappa shape index (κ1) is 22.7. The number of nitrogens with two attached hydrogens (primary N) is 1. The van der Waals surface area contributed by atoms with E-state index in [4.69, 9.17) is 15.2 Å². The number of nitrogens with zero attached hydrogens (tertiary/aromatic N) is 1. The van der Waals surface area contributed by atoms with Gasteiger partial charge in [-0.3, -0.25) is 5.43 Å². The Labute approximate surface area is 174 Å². The summed E-state index contributed by atoms with van der Waals surface area (Å²) in [6.07, 6.45) is 1.75. The van der Waals surface area contributed by atoms with E-state index in [0.717, 1.165) is 30.6 Å². The SMILES string of the molecule is COc1ccc(CN(NC(=O)OC(C)(C)C)C(N)CCCc2ccccc2)cc1. The van der Waals surface area contributed by atoms with Crippen molar-refractivity contribution in [1.82, 2.24) is 10.4 Å². The number of nitrogens with one attached hydrogen (secondary N) is 1. The molecule has 0 spiro atoms. The first-order valence-corrected chi connectivity index (χ1v) is 9.95. The molecule has 0 aromatic heterocycles. The minimum atomic E-state index is -0.576. The van der Waals surface area contributed by atoms with E-state index in [-0.39, 0.29) is 6.17 Å². The van der Waals surface area contributed by atoms with Crippen LogP contribution in [0.25, 0.3) is 0 Å². The van der Waals surface area contributed by atoms with Crippen LogP contribution in [0.3, 0.4) is 0 Å². The zero-order chi connectivity index (χ0) is 21.3. The number of hydrogen-bond donors (Lipinski definition) is 2. The lowest BCUT2D eigenvalue weighted by Crippen LogP contribution is -2.53. The molecule has 0 saturated heterocycles. The Morgan fingerprint density at radius 2 is 1.72 bits per heavy atom. The summed E-state index contributed by atoms with van der Waals surface area (Å²) in [7, 11) is 1.63. The molecule has 0 aliphatic heterocycles. The summed E-state index contributed by atoms with van der Waals surface area (Å²) in [5, 5.41) is 1.74. The summed E-state index contributed by atoms with van der Waals surface area (Å²) in [5.74, 6) is 0.785. The minimum Gasteiger partial charge on any atom is -0.497 e. The van der Waals surface area contributed by atoms with Crippen molar-refractivity contribution in [2.45, 2.75) is 58.3 Å². The Morgan fingerprint density at radius 3 is 2.31 bits per heavy atom. The minimum absolute atomic E-state index is 0.340. The lowest BCUT2D eigenvalue weighted by Gasteiger charge is -2.30. The number of methoxy groups -OCH3 is 1. The fourth-order valence-corrected chi connectivity index (χ4v) is 2.90. The van der Waals surface area contributed by atoms with Gasteiger partial charge in [-0.2, -0.15) is 5.01 Å². The van der Waals surface area contributed by atoms with Crippen molar-refractivity contribution in [3.05, 3.63) is 65.7 Å². The quantitative estimate of drug-likeness (QED) is 0.487. The van der Waals surface area contributed by atoms with Gasteiger partial charge in [0.1, 0.15) is 11.4 Å². The number of ether oxygens (including phenoxy) is 2. The molecule has 3 N–H and O–H groups in total. The molecule has 0 radical (unpaired) electrons. The molecule has 6 nitrogen and oxygen atoms in total. The average molecular weight is 400 g/mol. The van der Waals surface area contributed by atoms with Gasteiger partial charge in [0.05, 0.1) is 13.3 Å². The maximum Gasteiger partial charge on any atom is 0.422 e. The smallest absolute Gasteiger partial charge is 0.422 e. The molecule has 0 bridgehead atoms. The highest BCUT2D eigenvalue weighted by atomic mass is 16.6. The van der Waals surface area contributed by atoms with Crippen molar-refractivity contribution in [1.29, 1.82) is 0 Å². The zero-order valence-electron chi connectivity index (χ0n) is 17.9. The number of amides is 1. The van der Waals surface area contributed by atoms with Crippen molar-refractivity contribution in [3.8, 4) is 5.75 Å². The standard InChI is InChI=1S/C23H33N3O3/c1-23(2,3)29-22(27)25-26(17-19-13-15-20(28-4)16-14-19)21(24)12-8-11-18-9-6-5-7-10-18/h5-7,9-10,13-16,21H,8,11-12,17,24H2,1-4H3,(H,25,27). The second kappa shape index (κ2) is 10.8. The Morgan fingerprint density at radius 1 is 1.07 bits per heavy atom. The number of rotatable bonds is 9. The van der Waals surface area contributed by atoms with Crippen molar-refractivity contribution in [3.63, 3.8) is 0 Å². The highest BCUT2D eigenvalue weighted by Gasteiger charge is 2.22. The van der Waals surface area contributed by atoms with Gasteiger partial charge < -0.3 is 15.2 Å². The number of carbonyl (C=O) groups is 1. The second-order valence-electron chi connectivity index (χ2n) is 8.03. The van der Waals surface area contributed by atoms with Crippen molar-refractivity contribution >= 4 is 6.09 Å². The van der Waals surface area contributed by atoms with E-state index in [9.17, 15) is 4.79 Å². The molecule has 6 heteroatoms. The normalized spacial score (nSPS) is 12.5. The van der Waals surface area contributed by atoms with E-state index >= 15 is 0 Å². The third-order valence-electron chi connectivity index (χ3n) is 4.35. The lowest BCUT2D eigenvalue weighted by molar-refractivity contribution is 0.0212. The molecule has 158 valence electrons. The van der Waals surface area contributed by atoms with Crippen LogP contribution in [0.15, 0.2) is 54.6 Å². The first-order chi connectivity index (χ1) is 13.8. The molecule has 1 unspecified atom stereocenters. The summed E-state index contributed by atoms with van der Waals surface area (Å²) in [5.41, 5.74) is 11.0. The molecule has 29 heavy (non-hydrogen) atoms. The third-order valence-corrected chi connectivity index (χ3v) is 4.35. The largest absolute Gasteiger partial charge is 0.497 e. The summed E-state index contributed by atoms with van der Waals surface area (Å²) in [6, 6.07) is 18.0. The molecule has 0 aliphatic rings. The Hall–Kier alpha value is -2.57. The molecular weight excluding hydrogens is 366 g/mol. The molecule has 0 fully saturated rings. The number of hydrazine groups is 1. The predicted octanol–water partition coefficient (Wildman–Crippen LogP) is 4.24. The van der Waals surface area contributed by atoms with E-state index in [2.05, 4.69) is 17.6 Å². The van der Waals surface area contributed by atoms with Crippen LogP contribution in [0.5, 0.6) is 5.75 Å². The lowest BCUT2D eigenvalue weighted by atomic mass is 10.1. The second-order valence-corrected chi connectivity index (χ2v) is 8.03. The molecule has 0 aliphatic carbocycles. The molecule has 1 atom stereocenters. The van der Waals surface area contributed by atoms with Crippen molar-refractivity contribution < 1.29 is 14.3 Å². The molecule has 0 saturated carbocycles. The van der Waals surface area contributed by atoms with E-state index in [0.29, 0.717) is 6.54 Å². The number of carbonyl (C=O) groups excluding carboxylic acids is 1. The maximum atomic E-state index is 12.3. The van der Waals surface area contributed by atoms with E-state index in [1.54, 1.807) is 12.1 Å². The van der Waals surface area contributed by atoms with Gasteiger partial charge in [0.2, 0.25) is 0 Å². The van der Waals surface area contributed by atoms with E-state index < -0.39 is 11.7 Å². The van der Waals surface area contributed by atoms with Crippen LogP contribution < -0.4 is 15.9 Å². The average Bonchev–Trinajstić information content (AvgIpc) is 2.67. The molecule has 0 heterocycles. The number of aryl methyl sites for hydroxylation is 1. The fraction of sp³-hybridized carbons (Fsp3) is 0.435. The van der Waals surface area contributed by atoms with Crippen LogP contribution >= 0.6 is 0 Å². The van der Waals surface area contributed by atoms with Gasteiger partial charge in [-0.25, -0.2) is 4.79 Å². The zero-order valence-corrected chi connectivity index (χ0v) is 17.9. The monoisotopic (exact) mass is 399 g/mol. The summed E-state index contributed by atoms with van der Waals surface area (Å²) < 4.78 is 10.6. The molecule has 2 aromatic carbocycles. The topological polar surface area (TPSA) is 76.8 Å². The fourth-order valence-electron chi connectivity index (χ4n) is 2.90. The van der Waals surface area contributed by atoms with Crippen LogP contribution in [0.4, 0.5) is 4.79 Å². The Bertz CT molecular complexity index is 742. The van der Waals surface area contributed by atoms with Gasteiger partial charge in [0.15, 0.2) is 0 Å². The van der Waals surface area contributed by atoms with Gasteiger partial charge in [-0.15, -0.1) is 0 Å². The number of hydrogen-bond acceptors (Lipinski definition) is 5. The van der Waals surface area contributed by atoms with Crippen molar-refractivity contribution in [2.24, 2.45) is 5.73 Å². The highest BCUT2D eigenvalue weighted by Crippen LogP contribution is 2.15. The van der Waals surface area contributed by atoms with Crippen LogP contribution in [-0.2, 0) is 17.7 Å². The Balaban J connectivity index is 2.00. The van der Waals surface area contributed by atoms with Crippen LogP contribution in [-0.4, -0.2) is 30.0 Å². The molecule has 2 rings (SSSR count). The molecule has 1 amide bonds. The maximum absolute atomic E-state index is 12.3. The number of benzene rings is 2. The summed E-state index contributed by atoms with van der Waals surface area (Å²) in [6.45, 7) is 5.97. The van der Waals surface area contributed by atoms with Crippen LogP contribution in [0.1, 0.15) is 44.7 Å².